The summed E-state index contributed by atoms with van der Waals surface area (Å²) in [7, 11) is 0. The minimum atomic E-state index is -0.473. The molecule has 0 N–H and O–H groups in total. The largest absolute Gasteiger partial charge is 0.295 e. The molecule has 4 heteroatoms. The highest BCUT2D eigenvalue weighted by Gasteiger charge is 2.06. The molecule has 2 aromatic rings. The van der Waals surface area contributed by atoms with E-state index in [1.54, 1.807) is 24.3 Å². The van der Waals surface area contributed by atoms with Gasteiger partial charge in [0.05, 0.1) is 4.90 Å². The van der Waals surface area contributed by atoms with E-state index in [1.165, 1.54) is 6.92 Å². The molecule has 1 nitrogen and oxygen atoms in total. The fraction of sp³-hybridized carbons (Fsp3) is 0.0714. The fourth-order valence-electron chi connectivity index (χ4n) is 1.44. The van der Waals surface area contributed by atoms with Crippen molar-refractivity contribution in [3.8, 4) is 0 Å². The maximum atomic E-state index is 13.4. The van der Waals surface area contributed by atoms with Gasteiger partial charge in [0.2, 0.25) is 0 Å². The van der Waals surface area contributed by atoms with Crippen LogP contribution in [0.4, 0.5) is 8.78 Å². The van der Waals surface area contributed by atoms with Crippen molar-refractivity contribution in [2.75, 3.05) is 0 Å². The molecular formula is C14H10F2OS. The Balaban J connectivity index is 2.23. The number of benzene rings is 2. The Morgan fingerprint density at radius 3 is 2.33 bits per heavy atom. The van der Waals surface area contributed by atoms with Gasteiger partial charge < -0.3 is 0 Å². The second kappa shape index (κ2) is 5.31. The summed E-state index contributed by atoms with van der Waals surface area (Å²) in [6.45, 7) is 1.48. The van der Waals surface area contributed by atoms with Crippen molar-refractivity contribution >= 4 is 17.5 Å². The van der Waals surface area contributed by atoms with Crippen molar-refractivity contribution in [3.05, 3.63) is 59.7 Å². The maximum Gasteiger partial charge on any atom is 0.159 e. The van der Waals surface area contributed by atoms with Gasteiger partial charge in [0.1, 0.15) is 11.6 Å². The smallest absolute Gasteiger partial charge is 0.159 e. The van der Waals surface area contributed by atoms with E-state index in [0.717, 1.165) is 34.9 Å². The maximum absolute atomic E-state index is 13.4. The topological polar surface area (TPSA) is 17.1 Å². The van der Waals surface area contributed by atoms with Gasteiger partial charge >= 0.3 is 0 Å². The number of carbonyl (C=O) groups is 1. The summed E-state index contributed by atoms with van der Waals surface area (Å²) >= 11 is 1.12. The Morgan fingerprint density at radius 2 is 1.72 bits per heavy atom. The minimum Gasteiger partial charge on any atom is -0.295 e. The average Bonchev–Trinajstić information content (AvgIpc) is 2.34. The Labute approximate surface area is 108 Å². The van der Waals surface area contributed by atoms with E-state index < -0.39 is 11.6 Å². The molecule has 92 valence electrons. The molecule has 0 radical (unpaired) electrons. The molecule has 0 atom stereocenters. The fourth-order valence-corrected chi connectivity index (χ4v) is 2.30. The first-order valence-corrected chi connectivity index (χ1v) is 6.12. The molecule has 0 spiro atoms. The van der Waals surface area contributed by atoms with E-state index in [2.05, 4.69) is 0 Å². The van der Waals surface area contributed by atoms with Crippen molar-refractivity contribution in [1.29, 1.82) is 0 Å². The van der Waals surface area contributed by atoms with Crippen LogP contribution < -0.4 is 0 Å². The summed E-state index contributed by atoms with van der Waals surface area (Å²) in [5.74, 6) is -0.959. The Kier molecular flexibility index (Phi) is 3.77. The molecule has 0 aliphatic heterocycles. The van der Waals surface area contributed by atoms with E-state index in [4.69, 9.17) is 0 Å². The van der Waals surface area contributed by atoms with E-state index in [1.807, 2.05) is 0 Å². The van der Waals surface area contributed by atoms with Crippen LogP contribution in [0.5, 0.6) is 0 Å². The summed E-state index contributed by atoms with van der Waals surface area (Å²) in [6.07, 6.45) is 0. The molecule has 0 saturated heterocycles. The normalized spacial score (nSPS) is 10.4. The number of Topliss-reactive ketones (excluding diaryl/α,β-unsaturated/α-hetero) is 1. The van der Waals surface area contributed by atoms with Crippen molar-refractivity contribution in [1.82, 2.24) is 0 Å². The zero-order valence-electron chi connectivity index (χ0n) is 9.61. The number of halogens is 2. The quantitative estimate of drug-likeness (QED) is 0.768. The third kappa shape index (κ3) is 2.96. The lowest BCUT2D eigenvalue weighted by molar-refractivity contribution is 0.101. The number of ketones is 1. The van der Waals surface area contributed by atoms with Gasteiger partial charge in [-0.1, -0.05) is 23.9 Å². The molecule has 0 amide bonds. The number of carbonyl (C=O) groups excluding carboxylic acids is 1. The average molecular weight is 264 g/mol. The summed E-state index contributed by atoms with van der Waals surface area (Å²) in [6, 6.07) is 10.1. The summed E-state index contributed by atoms with van der Waals surface area (Å²) in [4.78, 5) is 12.1. The summed E-state index contributed by atoms with van der Waals surface area (Å²) in [5, 5.41) is 0. The monoisotopic (exact) mass is 264 g/mol. The second-order valence-corrected chi connectivity index (χ2v) is 4.87. The van der Waals surface area contributed by atoms with Gasteiger partial charge in [0, 0.05) is 10.5 Å². The molecule has 0 saturated carbocycles. The molecule has 0 fully saturated rings. The van der Waals surface area contributed by atoms with Crippen LogP contribution in [0.15, 0.2) is 52.3 Å². The van der Waals surface area contributed by atoms with Crippen molar-refractivity contribution < 1.29 is 13.6 Å². The lowest BCUT2D eigenvalue weighted by Gasteiger charge is -2.04. The third-order valence-electron chi connectivity index (χ3n) is 2.38. The Bertz CT molecular complexity index is 579. The van der Waals surface area contributed by atoms with E-state index in [9.17, 15) is 13.6 Å². The second-order valence-electron chi connectivity index (χ2n) is 3.76. The molecule has 2 rings (SSSR count). The highest BCUT2D eigenvalue weighted by molar-refractivity contribution is 7.99. The lowest BCUT2D eigenvalue weighted by atomic mass is 10.2. The zero-order valence-corrected chi connectivity index (χ0v) is 10.4. The van der Waals surface area contributed by atoms with Crippen molar-refractivity contribution in [3.63, 3.8) is 0 Å². The predicted molar refractivity (Wildman–Crippen MR) is 66.9 cm³/mol. The van der Waals surface area contributed by atoms with Gasteiger partial charge in [-0.2, -0.15) is 0 Å². The van der Waals surface area contributed by atoms with Crippen LogP contribution in [-0.2, 0) is 0 Å². The summed E-state index contributed by atoms with van der Waals surface area (Å²) in [5.41, 5.74) is 0.596. The molecule has 18 heavy (non-hydrogen) atoms. The number of hydrogen-bond donors (Lipinski definition) is 0. The Hall–Kier alpha value is -1.68. The van der Waals surface area contributed by atoms with Gasteiger partial charge in [-0.15, -0.1) is 0 Å². The molecular weight excluding hydrogens is 254 g/mol. The van der Waals surface area contributed by atoms with Crippen LogP contribution in [0.1, 0.15) is 17.3 Å². The predicted octanol–water partition coefficient (Wildman–Crippen LogP) is 4.32. The van der Waals surface area contributed by atoms with Crippen molar-refractivity contribution in [2.24, 2.45) is 0 Å². The van der Waals surface area contributed by atoms with Gasteiger partial charge in [-0.05, 0) is 37.3 Å². The van der Waals surface area contributed by atoms with E-state index in [-0.39, 0.29) is 10.7 Å². The molecule has 0 heterocycles. The third-order valence-corrected chi connectivity index (χ3v) is 3.42. The van der Waals surface area contributed by atoms with E-state index in [0.29, 0.717) is 5.56 Å². The first-order chi connectivity index (χ1) is 8.56. The number of rotatable bonds is 3. The summed E-state index contributed by atoms with van der Waals surface area (Å²) < 4.78 is 26.4. The van der Waals surface area contributed by atoms with Crippen LogP contribution in [0, 0.1) is 11.6 Å². The highest BCUT2D eigenvalue weighted by atomic mass is 32.2. The molecule has 0 unspecified atom stereocenters. The van der Waals surface area contributed by atoms with Gasteiger partial charge in [-0.3, -0.25) is 4.79 Å². The highest BCUT2D eigenvalue weighted by Crippen LogP contribution is 2.30. The Morgan fingerprint density at radius 1 is 1.06 bits per heavy atom. The molecule has 0 aromatic heterocycles. The first-order valence-electron chi connectivity index (χ1n) is 5.30. The molecule has 2 aromatic carbocycles. The van der Waals surface area contributed by atoms with Crippen LogP contribution in [-0.4, -0.2) is 5.78 Å². The van der Waals surface area contributed by atoms with Crippen LogP contribution in [0.25, 0.3) is 0 Å². The van der Waals surface area contributed by atoms with E-state index >= 15 is 0 Å². The standard InChI is InChI=1S/C14H10F2OS/c1-9(17)10-2-5-12(6-3-10)18-14-8-11(15)4-7-13(14)16/h2-8H,1H3. The van der Waals surface area contributed by atoms with Crippen molar-refractivity contribution in [2.45, 2.75) is 16.7 Å². The van der Waals surface area contributed by atoms with Crippen LogP contribution in [0.2, 0.25) is 0 Å². The first kappa shape index (κ1) is 12.8. The molecule has 0 bridgehead atoms. The van der Waals surface area contributed by atoms with Gasteiger partial charge in [0.15, 0.2) is 5.78 Å². The SMILES string of the molecule is CC(=O)c1ccc(Sc2cc(F)ccc2F)cc1. The molecule has 0 aliphatic carbocycles. The molecule has 0 aliphatic rings. The zero-order chi connectivity index (χ0) is 13.1. The van der Waals surface area contributed by atoms with Gasteiger partial charge in [-0.25, -0.2) is 8.78 Å². The van der Waals surface area contributed by atoms with Crippen LogP contribution in [0.3, 0.4) is 0 Å². The van der Waals surface area contributed by atoms with Crippen LogP contribution >= 0.6 is 11.8 Å². The van der Waals surface area contributed by atoms with Gasteiger partial charge in [0.25, 0.3) is 0 Å². The number of hydrogen-bond acceptors (Lipinski definition) is 2. The minimum absolute atomic E-state index is 0.0245. The lowest BCUT2D eigenvalue weighted by Crippen LogP contribution is -1.90.